The molecule has 1 aliphatic heterocycles. The molecule has 1 unspecified atom stereocenters. The number of nitrogens with two attached hydrogens (primary N) is 1. The van der Waals surface area contributed by atoms with Crippen molar-refractivity contribution in [1.29, 1.82) is 0 Å². The molecule has 3 heteroatoms. The third-order valence-electron chi connectivity index (χ3n) is 4.94. The molecule has 1 heterocycles. The van der Waals surface area contributed by atoms with Gasteiger partial charge in [0, 0.05) is 18.3 Å². The van der Waals surface area contributed by atoms with Crippen molar-refractivity contribution in [2.75, 3.05) is 11.4 Å². The van der Waals surface area contributed by atoms with Gasteiger partial charge >= 0.3 is 0 Å². The minimum Gasteiger partial charge on any atom is -0.329 e. The van der Waals surface area contributed by atoms with Crippen LogP contribution < -0.4 is 10.6 Å². The van der Waals surface area contributed by atoms with Gasteiger partial charge in [-0.3, -0.25) is 4.79 Å². The minimum absolute atomic E-state index is 0.199. The van der Waals surface area contributed by atoms with E-state index in [2.05, 4.69) is 32.9 Å². The first-order valence-electron chi connectivity index (χ1n) is 7.71. The van der Waals surface area contributed by atoms with Crippen LogP contribution in [0.25, 0.3) is 0 Å². The number of para-hydroxylation sites is 1. The molecule has 0 saturated heterocycles. The number of rotatable bonds is 4. The third kappa shape index (κ3) is 2.35. The zero-order chi connectivity index (χ0) is 14.8. The van der Waals surface area contributed by atoms with Gasteiger partial charge < -0.3 is 10.6 Å². The van der Waals surface area contributed by atoms with E-state index in [4.69, 9.17) is 5.73 Å². The number of fused-ring (bicyclic) bond motifs is 1. The van der Waals surface area contributed by atoms with Crippen molar-refractivity contribution in [2.45, 2.75) is 52.5 Å². The molecular weight excluding hydrogens is 248 g/mol. The fourth-order valence-corrected chi connectivity index (χ4v) is 3.18. The van der Waals surface area contributed by atoms with Crippen molar-refractivity contribution in [1.82, 2.24) is 0 Å². The number of nitrogens with zero attached hydrogens (tertiary/aromatic N) is 1. The third-order valence-corrected chi connectivity index (χ3v) is 4.94. The predicted molar refractivity (Wildman–Crippen MR) is 83.8 cm³/mol. The molecule has 0 bridgehead atoms. The Morgan fingerprint density at radius 3 is 2.60 bits per heavy atom. The van der Waals surface area contributed by atoms with Gasteiger partial charge in [-0.1, -0.05) is 32.0 Å². The Hall–Kier alpha value is -1.35. The highest BCUT2D eigenvalue weighted by molar-refractivity contribution is 5.99. The van der Waals surface area contributed by atoms with E-state index in [1.165, 1.54) is 5.56 Å². The van der Waals surface area contributed by atoms with Crippen LogP contribution in [0, 0.1) is 5.41 Å². The molecule has 2 rings (SSSR count). The van der Waals surface area contributed by atoms with E-state index < -0.39 is 5.41 Å². The van der Waals surface area contributed by atoms with Gasteiger partial charge in [0.2, 0.25) is 5.91 Å². The van der Waals surface area contributed by atoms with Crippen molar-refractivity contribution < 1.29 is 4.79 Å². The number of anilines is 1. The van der Waals surface area contributed by atoms with Crippen LogP contribution in [-0.2, 0) is 11.2 Å². The molecule has 0 spiro atoms. The summed E-state index contributed by atoms with van der Waals surface area (Å²) in [7, 11) is 0. The summed E-state index contributed by atoms with van der Waals surface area (Å²) in [4.78, 5) is 15.1. The average Bonchev–Trinajstić information content (AvgIpc) is 2.49. The lowest BCUT2D eigenvalue weighted by Crippen LogP contribution is -2.52. The maximum atomic E-state index is 13.1. The van der Waals surface area contributed by atoms with E-state index >= 15 is 0 Å². The van der Waals surface area contributed by atoms with Crippen LogP contribution in [0.15, 0.2) is 24.3 Å². The Balaban J connectivity index is 2.43. The Bertz CT molecular complexity index is 471. The number of benzene rings is 1. The van der Waals surface area contributed by atoms with Gasteiger partial charge in [0.1, 0.15) is 0 Å². The van der Waals surface area contributed by atoms with Crippen LogP contribution in [0.4, 0.5) is 5.69 Å². The van der Waals surface area contributed by atoms with E-state index in [-0.39, 0.29) is 11.9 Å². The minimum atomic E-state index is -0.418. The molecule has 0 saturated carbocycles. The summed E-state index contributed by atoms with van der Waals surface area (Å²) in [5.41, 5.74) is 7.89. The normalized spacial score (nSPS) is 18.8. The molecule has 3 nitrogen and oxygen atoms in total. The van der Waals surface area contributed by atoms with Gasteiger partial charge in [-0.2, -0.15) is 0 Å². The van der Waals surface area contributed by atoms with Crippen molar-refractivity contribution in [2.24, 2.45) is 11.1 Å². The van der Waals surface area contributed by atoms with E-state index in [1.807, 2.05) is 17.0 Å². The molecule has 0 aromatic heterocycles. The molecule has 0 fully saturated rings. The van der Waals surface area contributed by atoms with Crippen molar-refractivity contribution in [3.8, 4) is 0 Å². The lowest BCUT2D eigenvalue weighted by Gasteiger charge is -2.41. The van der Waals surface area contributed by atoms with Crippen LogP contribution in [0.3, 0.4) is 0 Å². The molecule has 0 aliphatic carbocycles. The molecule has 0 radical (unpaired) electrons. The van der Waals surface area contributed by atoms with Gasteiger partial charge in [-0.15, -0.1) is 0 Å². The van der Waals surface area contributed by atoms with Gasteiger partial charge in [-0.05, 0) is 44.2 Å². The first-order valence-corrected chi connectivity index (χ1v) is 7.71. The van der Waals surface area contributed by atoms with Gasteiger partial charge in [0.15, 0.2) is 0 Å². The quantitative estimate of drug-likeness (QED) is 0.917. The fourth-order valence-electron chi connectivity index (χ4n) is 3.18. The highest BCUT2D eigenvalue weighted by Crippen LogP contribution is 2.36. The standard InChI is InChI=1S/C17H26N2O/c1-4-17(5-2,12-18)16(20)19-13(3)10-11-14-8-6-7-9-15(14)19/h6-9,13H,4-5,10-12,18H2,1-3H3. The fraction of sp³-hybridized carbons (Fsp3) is 0.588. The summed E-state index contributed by atoms with van der Waals surface area (Å²) < 4.78 is 0. The molecule has 110 valence electrons. The van der Waals surface area contributed by atoms with Crippen LogP contribution in [0.1, 0.15) is 45.6 Å². The largest absolute Gasteiger partial charge is 0.329 e. The SMILES string of the molecule is CCC(CC)(CN)C(=O)N1c2ccccc2CCC1C. The van der Waals surface area contributed by atoms with Gasteiger partial charge in [0.25, 0.3) is 0 Å². The van der Waals surface area contributed by atoms with Crippen molar-refractivity contribution in [3.05, 3.63) is 29.8 Å². The molecule has 20 heavy (non-hydrogen) atoms. The number of amides is 1. The first-order chi connectivity index (χ1) is 9.59. The molecule has 1 aromatic rings. The maximum absolute atomic E-state index is 13.1. The maximum Gasteiger partial charge on any atom is 0.234 e. The highest BCUT2D eigenvalue weighted by atomic mass is 16.2. The second-order valence-electron chi connectivity index (χ2n) is 5.88. The lowest BCUT2D eigenvalue weighted by atomic mass is 9.79. The monoisotopic (exact) mass is 274 g/mol. The summed E-state index contributed by atoms with van der Waals surface area (Å²) in [6, 6.07) is 8.51. The first kappa shape index (κ1) is 15.0. The summed E-state index contributed by atoms with van der Waals surface area (Å²) in [5, 5.41) is 0. The Morgan fingerprint density at radius 2 is 2.00 bits per heavy atom. The van der Waals surface area contributed by atoms with Crippen molar-refractivity contribution >= 4 is 11.6 Å². The second-order valence-corrected chi connectivity index (χ2v) is 5.88. The lowest BCUT2D eigenvalue weighted by molar-refractivity contribution is -0.128. The van der Waals surface area contributed by atoms with Gasteiger partial charge in [0.05, 0.1) is 5.41 Å². The number of carbonyl (C=O) groups excluding carboxylic acids is 1. The Morgan fingerprint density at radius 1 is 1.35 bits per heavy atom. The molecule has 1 aliphatic rings. The highest BCUT2D eigenvalue weighted by Gasteiger charge is 2.40. The van der Waals surface area contributed by atoms with E-state index in [0.29, 0.717) is 6.54 Å². The topological polar surface area (TPSA) is 46.3 Å². The van der Waals surface area contributed by atoms with Crippen LogP contribution >= 0.6 is 0 Å². The zero-order valence-electron chi connectivity index (χ0n) is 12.9. The number of hydrogen-bond donors (Lipinski definition) is 1. The summed E-state index contributed by atoms with van der Waals surface area (Å²) >= 11 is 0. The molecular formula is C17H26N2O. The molecule has 1 amide bonds. The molecule has 2 N–H and O–H groups in total. The van der Waals surface area contributed by atoms with Gasteiger partial charge in [-0.25, -0.2) is 0 Å². The van der Waals surface area contributed by atoms with Crippen LogP contribution in [-0.4, -0.2) is 18.5 Å². The van der Waals surface area contributed by atoms with Crippen LogP contribution in [0.2, 0.25) is 0 Å². The van der Waals surface area contributed by atoms with Crippen LogP contribution in [0.5, 0.6) is 0 Å². The van der Waals surface area contributed by atoms with E-state index in [1.54, 1.807) is 0 Å². The van der Waals surface area contributed by atoms with E-state index in [9.17, 15) is 4.79 Å². The smallest absolute Gasteiger partial charge is 0.234 e. The zero-order valence-corrected chi connectivity index (χ0v) is 12.9. The summed E-state index contributed by atoms with van der Waals surface area (Å²) in [6.45, 7) is 6.69. The molecule has 1 aromatic carbocycles. The Kier molecular flexibility index (Phi) is 4.48. The van der Waals surface area contributed by atoms with Crippen molar-refractivity contribution in [3.63, 3.8) is 0 Å². The van der Waals surface area contributed by atoms with E-state index in [0.717, 1.165) is 31.4 Å². The number of carbonyl (C=O) groups is 1. The number of aryl methyl sites for hydroxylation is 1. The Labute approximate surface area is 122 Å². The summed E-state index contributed by atoms with van der Waals surface area (Å²) in [5.74, 6) is 0.199. The predicted octanol–water partition coefficient (Wildman–Crippen LogP) is 3.12. The number of hydrogen-bond acceptors (Lipinski definition) is 2. The average molecular weight is 274 g/mol. The summed E-state index contributed by atoms with van der Waals surface area (Å²) in [6.07, 6.45) is 3.67. The second kappa shape index (κ2) is 5.96. The molecule has 1 atom stereocenters.